The normalized spacial score (nSPS) is 17.7. The fourth-order valence-electron chi connectivity index (χ4n) is 2.71. The minimum Gasteiger partial charge on any atom is -0.476 e. The average molecular weight is 370 g/mol. The topological polar surface area (TPSA) is 105 Å². The summed E-state index contributed by atoms with van der Waals surface area (Å²) in [6.07, 6.45) is 0. The van der Waals surface area contributed by atoms with Gasteiger partial charge in [-0.2, -0.15) is 4.98 Å². The molecule has 8 heteroatoms. The first-order valence-corrected chi connectivity index (χ1v) is 9.04. The summed E-state index contributed by atoms with van der Waals surface area (Å²) in [6, 6.07) is 9.49. The number of pyridine rings is 1. The molecule has 1 saturated heterocycles. The second kappa shape index (κ2) is 6.94. The lowest BCUT2D eigenvalue weighted by atomic mass is 9.79. The zero-order chi connectivity index (χ0) is 19.8. The van der Waals surface area contributed by atoms with Gasteiger partial charge in [0.1, 0.15) is 11.5 Å². The molecule has 0 amide bonds. The molecule has 0 spiro atoms. The molecule has 27 heavy (non-hydrogen) atoms. The van der Waals surface area contributed by atoms with Gasteiger partial charge < -0.3 is 30.8 Å². The van der Waals surface area contributed by atoms with Crippen LogP contribution >= 0.6 is 0 Å². The smallest absolute Gasteiger partial charge is 0.476 e. The number of rotatable bonds is 5. The third-order valence-electron chi connectivity index (χ3n) is 5.05. The van der Waals surface area contributed by atoms with Crippen molar-refractivity contribution in [3.8, 4) is 5.88 Å². The van der Waals surface area contributed by atoms with Crippen LogP contribution in [0.15, 0.2) is 30.3 Å². The number of aromatic nitrogens is 1. The van der Waals surface area contributed by atoms with E-state index in [1.54, 1.807) is 6.07 Å². The van der Waals surface area contributed by atoms with Crippen molar-refractivity contribution in [3.05, 3.63) is 30.3 Å². The van der Waals surface area contributed by atoms with Gasteiger partial charge in [0, 0.05) is 11.8 Å². The van der Waals surface area contributed by atoms with Crippen molar-refractivity contribution in [3.63, 3.8) is 0 Å². The Morgan fingerprint density at radius 3 is 2.22 bits per heavy atom. The summed E-state index contributed by atoms with van der Waals surface area (Å²) in [7, 11) is -0.390. The van der Waals surface area contributed by atoms with E-state index in [-0.39, 0.29) is 18.3 Å². The molecule has 7 nitrogen and oxygen atoms in total. The van der Waals surface area contributed by atoms with Crippen molar-refractivity contribution in [1.82, 2.24) is 4.98 Å². The van der Waals surface area contributed by atoms with Crippen LogP contribution in [0.1, 0.15) is 34.6 Å². The number of nitrogen functional groups attached to an aromatic ring is 2. The number of hydrogen-bond acceptors (Lipinski definition) is 7. The molecule has 1 fully saturated rings. The molecule has 0 unspecified atom stereocenters. The van der Waals surface area contributed by atoms with Crippen LogP contribution in [0.2, 0.25) is 0 Å². The zero-order valence-electron chi connectivity index (χ0n) is 16.5. The van der Waals surface area contributed by atoms with Crippen LogP contribution in [-0.4, -0.2) is 29.9 Å². The lowest BCUT2D eigenvalue weighted by Gasteiger charge is -2.32. The van der Waals surface area contributed by atoms with Crippen LogP contribution in [0.3, 0.4) is 0 Å². The Labute approximate surface area is 160 Å². The number of nitrogens with one attached hydrogen (secondary N) is 1. The van der Waals surface area contributed by atoms with Gasteiger partial charge in [-0.3, -0.25) is 0 Å². The van der Waals surface area contributed by atoms with E-state index in [1.165, 1.54) is 0 Å². The molecular weight excluding hydrogens is 343 g/mol. The van der Waals surface area contributed by atoms with Gasteiger partial charge in [-0.1, -0.05) is 12.1 Å². The Kier molecular flexibility index (Phi) is 4.97. The van der Waals surface area contributed by atoms with Gasteiger partial charge >= 0.3 is 7.12 Å². The number of ether oxygens (including phenoxy) is 1. The maximum Gasteiger partial charge on any atom is 0.494 e. The molecule has 2 heterocycles. The summed E-state index contributed by atoms with van der Waals surface area (Å²) in [4.78, 5) is 4.37. The standard InChI is InChI=1S/C19H27BN4O3/c1-6-25-17-16(22)14(21)11-15(24-17)23-13-9-7-12(8-10-13)20-26-18(2,3)19(4,5)27-20/h7-11H,6,22H2,1-5H3,(H3,21,23,24). The van der Waals surface area contributed by atoms with E-state index in [0.717, 1.165) is 11.2 Å². The van der Waals surface area contributed by atoms with Crippen LogP contribution in [0.5, 0.6) is 5.88 Å². The highest BCUT2D eigenvalue weighted by molar-refractivity contribution is 6.62. The summed E-state index contributed by atoms with van der Waals surface area (Å²) in [6.45, 7) is 10.5. The van der Waals surface area contributed by atoms with Crippen molar-refractivity contribution >= 4 is 35.5 Å². The van der Waals surface area contributed by atoms with Crippen LogP contribution in [-0.2, 0) is 9.31 Å². The van der Waals surface area contributed by atoms with E-state index in [4.69, 9.17) is 25.5 Å². The fourth-order valence-corrected chi connectivity index (χ4v) is 2.71. The van der Waals surface area contributed by atoms with Gasteiger partial charge in [0.15, 0.2) is 0 Å². The minimum atomic E-state index is -0.390. The molecule has 0 bridgehead atoms. The molecule has 1 aromatic carbocycles. The molecule has 1 aliphatic rings. The summed E-state index contributed by atoms with van der Waals surface area (Å²) in [5.74, 6) is 0.891. The van der Waals surface area contributed by atoms with E-state index < -0.39 is 0 Å². The lowest BCUT2D eigenvalue weighted by Crippen LogP contribution is -2.41. The second-order valence-corrected chi connectivity index (χ2v) is 7.58. The first-order chi connectivity index (χ1) is 12.6. The summed E-state index contributed by atoms with van der Waals surface area (Å²) < 4.78 is 17.6. The Bertz CT molecular complexity index is 808. The molecule has 3 rings (SSSR count). The second-order valence-electron chi connectivity index (χ2n) is 7.58. The van der Waals surface area contributed by atoms with Crippen LogP contribution < -0.4 is 27.0 Å². The predicted octanol–water partition coefficient (Wildman–Crippen LogP) is 2.69. The SMILES string of the molecule is CCOc1nc(Nc2ccc(B3OC(C)(C)C(C)(C)O3)cc2)cc(N)c1N. The van der Waals surface area contributed by atoms with Crippen LogP contribution in [0.4, 0.5) is 22.9 Å². The van der Waals surface area contributed by atoms with Crippen molar-refractivity contribution in [1.29, 1.82) is 0 Å². The Balaban J connectivity index is 1.76. The highest BCUT2D eigenvalue weighted by Gasteiger charge is 2.51. The van der Waals surface area contributed by atoms with E-state index >= 15 is 0 Å². The lowest BCUT2D eigenvalue weighted by molar-refractivity contribution is 0.00578. The largest absolute Gasteiger partial charge is 0.494 e. The molecule has 1 aromatic heterocycles. The molecule has 144 valence electrons. The first kappa shape index (κ1) is 19.3. The van der Waals surface area contributed by atoms with Gasteiger partial charge in [0.25, 0.3) is 0 Å². The van der Waals surface area contributed by atoms with Gasteiger partial charge in [-0.15, -0.1) is 0 Å². The Hall–Kier alpha value is -2.45. The van der Waals surface area contributed by atoms with Gasteiger partial charge in [-0.05, 0) is 52.2 Å². The number of nitrogens with two attached hydrogens (primary N) is 2. The molecule has 1 aliphatic heterocycles. The summed E-state index contributed by atoms with van der Waals surface area (Å²) in [5, 5.41) is 3.21. The highest BCUT2D eigenvalue weighted by Crippen LogP contribution is 2.36. The third-order valence-corrected chi connectivity index (χ3v) is 5.05. The number of nitrogens with zero attached hydrogens (tertiary/aromatic N) is 1. The van der Waals surface area contributed by atoms with Gasteiger partial charge in [0.2, 0.25) is 5.88 Å². The van der Waals surface area contributed by atoms with Crippen molar-refractivity contribution in [2.24, 2.45) is 0 Å². The maximum absolute atomic E-state index is 6.08. The molecule has 0 aliphatic carbocycles. The molecule has 0 atom stereocenters. The van der Waals surface area contributed by atoms with E-state index in [9.17, 15) is 0 Å². The zero-order valence-corrected chi connectivity index (χ0v) is 16.5. The monoisotopic (exact) mass is 370 g/mol. The van der Waals surface area contributed by atoms with Crippen molar-refractivity contribution in [2.45, 2.75) is 45.8 Å². The Morgan fingerprint density at radius 2 is 1.67 bits per heavy atom. The van der Waals surface area contributed by atoms with E-state index in [0.29, 0.717) is 29.7 Å². The summed E-state index contributed by atoms with van der Waals surface area (Å²) in [5.41, 5.74) is 13.7. The van der Waals surface area contributed by atoms with Crippen LogP contribution in [0.25, 0.3) is 0 Å². The molecule has 0 radical (unpaired) electrons. The van der Waals surface area contributed by atoms with Gasteiger partial charge in [-0.25, -0.2) is 0 Å². The quantitative estimate of drug-likeness (QED) is 0.695. The van der Waals surface area contributed by atoms with Crippen LogP contribution in [0, 0.1) is 0 Å². The predicted molar refractivity (Wildman–Crippen MR) is 110 cm³/mol. The van der Waals surface area contributed by atoms with E-state index in [1.807, 2.05) is 58.9 Å². The van der Waals surface area contributed by atoms with Gasteiger partial charge in [0.05, 0.1) is 23.5 Å². The molecule has 0 saturated carbocycles. The molecule has 5 N–H and O–H groups in total. The average Bonchev–Trinajstić information content (AvgIpc) is 2.81. The first-order valence-electron chi connectivity index (χ1n) is 9.04. The molecule has 2 aromatic rings. The van der Waals surface area contributed by atoms with E-state index in [2.05, 4.69) is 10.3 Å². The minimum absolute atomic E-state index is 0.328. The maximum atomic E-state index is 6.08. The number of anilines is 4. The number of hydrogen-bond donors (Lipinski definition) is 3. The molecular formula is C19H27BN4O3. The van der Waals surface area contributed by atoms with Crippen molar-refractivity contribution in [2.75, 3.05) is 23.4 Å². The fraction of sp³-hybridized carbons (Fsp3) is 0.421. The number of benzene rings is 1. The van der Waals surface area contributed by atoms with Crippen molar-refractivity contribution < 1.29 is 14.0 Å². The Morgan fingerprint density at radius 1 is 1.07 bits per heavy atom. The highest BCUT2D eigenvalue weighted by atomic mass is 16.7. The third kappa shape index (κ3) is 3.82. The summed E-state index contributed by atoms with van der Waals surface area (Å²) >= 11 is 0.